The minimum atomic E-state index is -3.32. The molecular weight excluding hydrogens is 291 g/mol. The molecule has 2 atom stereocenters. The second kappa shape index (κ2) is 6.51. The van der Waals surface area contributed by atoms with Gasteiger partial charge in [-0.15, -0.1) is 0 Å². The van der Waals surface area contributed by atoms with Crippen molar-refractivity contribution in [2.24, 2.45) is 0 Å². The van der Waals surface area contributed by atoms with E-state index in [4.69, 9.17) is 20.9 Å². The summed E-state index contributed by atoms with van der Waals surface area (Å²) in [5.41, 5.74) is 2.06. The third-order valence-electron chi connectivity index (χ3n) is 2.80. The number of benzene rings is 2. The quantitative estimate of drug-likeness (QED) is 0.833. The molecule has 2 aromatic carbocycles. The lowest BCUT2D eigenvalue weighted by atomic mass is 10.1. The number of hydrogen-bond donors (Lipinski definition) is 1. The summed E-state index contributed by atoms with van der Waals surface area (Å²) < 4.78 is 10.9. The van der Waals surface area contributed by atoms with Gasteiger partial charge in [0, 0.05) is 11.8 Å². The molecule has 0 fully saturated rings. The van der Waals surface area contributed by atoms with Gasteiger partial charge in [0.25, 0.3) is 0 Å². The zero-order valence-corrected chi connectivity index (χ0v) is 13.1. The average molecular weight is 308 g/mol. The van der Waals surface area contributed by atoms with Gasteiger partial charge in [-0.25, -0.2) is 0 Å². The molecule has 0 aliphatic rings. The van der Waals surface area contributed by atoms with Crippen molar-refractivity contribution in [1.82, 2.24) is 0 Å². The summed E-state index contributed by atoms with van der Waals surface area (Å²) in [5, 5.41) is 0. The fraction of sp³-hybridized carbons (Fsp3) is 0.200. The molecule has 0 saturated heterocycles. The molecule has 0 amide bonds. The predicted octanol–water partition coefficient (Wildman–Crippen LogP) is 4.37. The molecule has 1 N–H and O–H groups in total. The van der Waals surface area contributed by atoms with Gasteiger partial charge in [-0.3, -0.25) is 4.52 Å². The largest absolute Gasteiger partial charge is 0.424 e. The van der Waals surface area contributed by atoms with Gasteiger partial charge in [0.15, 0.2) is 0 Å². The topological polar surface area (TPSA) is 38.7 Å². The van der Waals surface area contributed by atoms with E-state index >= 15 is 0 Å². The van der Waals surface area contributed by atoms with Gasteiger partial charge in [-0.2, -0.15) is 0 Å². The highest BCUT2D eigenvalue weighted by Gasteiger charge is 2.21. The Hall–Kier alpha value is -1.19. The van der Waals surface area contributed by atoms with Crippen LogP contribution in [0.15, 0.2) is 54.6 Å². The molecule has 106 valence electrons. The van der Waals surface area contributed by atoms with Crippen LogP contribution in [0.4, 0.5) is 0 Å². The lowest BCUT2D eigenvalue weighted by Gasteiger charge is -2.21. The third-order valence-corrected chi connectivity index (χ3v) is 4.31. The van der Waals surface area contributed by atoms with Crippen molar-refractivity contribution in [3.05, 3.63) is 65.7 Å². The van der Waals surface area contributed by atoms with E-state index in [0.29, 0.717) is 5.75 Å². The molecule has 0 spiro atoms. The van der Waals surface area contributed by atoms with Crippen molar-refractivity contribution in [1.29, 1.82) is 0 Å². The molecule has 0 saturated carbocycles. The minimum absolute atomic E-state index is 0.322. The first-order valence-corrected chi connectivity index (χ1v) is 8.88. The van der Waals surface area contributed by atoms with E-state index < -0.39 is 6.72 Å². The number of aryl methyl sites for hydroxylation is 1. The highest BCUT2D eigenvalue weighted by Crippen LogP contribution is 2.48. The zero-order valence-electron chi connectivity index (χ0n) is 11.4. The number of hydrogen-bond acceptors (Lipinski definition) is 3. The van der Waals surface area contributed by atoms with Gasteiger partial charge in [0.1, 0.15) is 5.75 Å². The van der Waals surface area contributed by atoms with Crippen LogP contribution in [-0.2, 0) is 16.3 Å². The maximum atomic E-state index is 10.2. The van der Waals surface area contributed by atoms with Crippen LogP contribution >= 0.6 is 6.72 Å². The van der Waals surface area contributed by atoms with Crippen molar-refractivity contribution < 1.29 is 13.9 Å². The lowest BCUT2D eigenvalue weighted by Crippen LogP contribution is -2.02. The van der Waals surface area contributed by atoms with Crippen molar-refractivity contribution in [2.75, 3.05) is 0 Å². The average Bonchev–Trinajstić information content (AvgIpc) is 2.41. The summed E-state index contributed by atoms with van der Waals surface area (Å²) >= 11 is 5.06. The summed E-state index contributed by atoms with van der Waals surface area (Å²) in [6.45, 7) is 0.500. The second-order valence-electron chi connectivity index (χ2n) is 4.53. The summed E-state index contributed by atoms with van der Waals surface area (Å²) in [4.78, 5) is 10.2. The Balaban J connectivity index is 2.04. The zero-order chi connectivity index (χ0) is 14.6. The first kappa shape index (κ1) is 15.2. The highest BCUT2D eigenvalue weighted by molar-refractivity contribution is 8.07. The van der Waals surface area contributed by atoms with Gasteiger partial charge in [-0.05, 0) is 31.5 Å². The third kappa shape index (κ3) is 4.43. The minimum Gasteiger partial charge on any atom is -0.424 e. The van der Waals surface area contributed by atoms with Crippen LogP contribution in [-0.4, -0.2) is 4.89 Å². The molecule has 2 unspecified atom stereocenters. The van der Waals surface area contributed by atoms with Crippen molar-refractivity contribution in [3.63, 3.8) is 0 Å². The molecule has 3 nitrogen and oxygen atoms in total. The molecule has 0 aliphatic carbocycles. The van der Waals surface area contributed by atoms with Crippen LogP contribution in [0.1, 0.15) is 24.2 Å². The van der Waals surface area contributed by atoms with E-state index in [1.54, 1.807) is 12.1 Å². The normalized spacial score (nSPS) is 15.3. The molecule has 20 heavy (non-hydrogen) atoms. The van der Waals surface area contributed by atoms with E-state index in [1.807, 2.05) is 56.3 Å². The molecule has 5 heteroatoms. The summed E-state index contributed by atoms with van der Waals surface area (Å²) in [6.07, 6.45) is -0.322. The predicted molar refractivity (Wildman–Crippen MR) is 84.3 cm³/mol. The maximum absolute atomic E-state index is 10.2. The van der Waals surface area contributed by atoms with Crippen LogP contribution in [0.2, 0.25) is 0 Å². The lowest BCUT2D eigenvalue weighted by molar-refractivity contribution is 0.190. The Bertz CT molecular complexity index is 598. The van der Waals surface area contributed by atoms with Gasteiger partial charge in [0.2, 0.25) is 0 Å². The van der Waals surface area contributed by atoms with Gasteiger partial charge >= 0.3 is 6.72 Å². The Morgan fingerprint density at radius 3 is 2.25 bits per heavy atom. The van der Waals surface area contributed by atoms with Gasteiger partial charge in [-0.1, -0.05) is 48.0 Å². The van der Waals surface area contributed by atoms with Crippen LogP contribution in [0.5, 0.6) is 5.75 Å². The van der Waals surface area contributed by atoms with E-state index in [2.05, 4.69) is 0 Å². The molecule has 0 bridgehead atoms. The van der Waals surface area contributed by atoms with E-state index in [1.165, 1.54) is 0 Å². The number of rotatable bonds is 5. The summed E-state index contributed by atoms with van der Waals surface area (Å²) in [6, 6.07) is 16.9. The summed E-state index contributed by atoms with van der Waals surface area (Å²) in [7, 11) is 0. The second-order valence-corrected chi connectivity index (χ2v) is 7.25. The van der Waals surface area contributed by atoms with Crippen LogP contribution in [0, 0.1) is 6.92 Å². The molecular formula is C15H17O3PS. The highest BCUT2D eigenvalue weighted by atomic mass is 32.5. The SMILES string of the molecule is Cc1ccc(OP(O)(=S)OC(C)c2ccccc2)cc1. The molecule has 0 heterocycles. The molecule has 0 aliphatic heterocycles. The fourth-order valence-electron chi connectivity index (χ4n) is 1.74. The Kier molecular flexibility index (Phi) is 4.95. The first-order chi connectivity index (χ1) is 9.46. The van der Waals surface area contributed by atoms with Crippen molar-refractivity contribution in [2.45, 2.75) is 20.0 Å². The van der Waals surface area contributed by atoms with E-state index in [0.717, 1.165) is 11.1 Å². The van der Waals surface area contributed by atoms with Crippen LogP contribution in [0.3, 0.4) is 0 Å². The monoisotopic (exact) mass is 308 g/mol. The fourth-order valence-corrected chi connectivity index (χ4v) is 3.34. The maximum Gasteiger partial charge on any atom is 0.378 e. The first-order valence-electron chi connectivity index (χ1n) is 6.29. The van der Waals surface area contributed by atoms with Gasteiger partial charge in [0.05, 0.1) is 6.10 Å². The van der Waals surface area contributed by atoms with E-state index in [-0.39, 0.29) is 6.10 Å². The summed E-state index contributed by atoms with van der Waals surface area (Å²) in [5.74, 6) is 0.515. The van der Waals surface area contributed by atoms with Crippen LogP contribution in [0.25, 0.3) is 0 Å². The Labute approximate surface area is 124 Å². The van der Waals surface area contributed by atoms with Gasteiger partial charge < -0.3 is 9.42 Å². The Morgan fingerprint density at radius 1 is 1.05 bits per heavy atom. The van der Waals surface area contributed by atoms with E-state index in [9.17, 15) is 4.89 Å². The molecule has 2 rings (SSSR count). The molecule has 2 aromatic rings. The standard InChI is InChI=1S/C15H17O3PS/c1-12-8-10-15(11-9-12)18-19(16,20)17-13(2)14-6-4-3-5-7-14/h3-11,13H,1-2H3,(H,16,20). The smallest absolute Gasteiger partial charge is 0.378 e. The van der Waals surface area contributed by atoms with Crippen molar-refractivity contribution >= 4 is 18.5 Å². The molecule has 0 aromatic heterocycles. The van der Waals surface area contributed by atoms with Crippen LogP contribution < -0.4 is 4.52 Å². The van der Waals surface area contributed by atoms with Crippen molar-refractivity contribution in [3.8, 4) is 5.75 Å². The molecule has 0 radical (unpaired) electrons. The Morgan fingerprint density at radius 2 is 1.65 bits per heavy atom.